The van der Waals surface area contributed by atoms with Crippen LogP contribution in [0.25, 0.3) is 0 Å². The van der Waals surface area contributed by atoms with Crippen LogP contribution in [0.4, 0.5) is 0 Å². The van der Waals surface area contributed by atoms with Crippen molar-refractivity contribution in [3.05, 3.63) is 0 Å². The lowest BCUT2D eigenvalue weighted by atomic mass is 10.3. The fourth-order valence-electron chi connectivity index (χ4n) is 1.42. The normalized spacial score (nSPS) is 10.2. The van der Waals surface area contributed by atoms with E-state index in [4.69, 9.17) is 10.1 Å². The predicted octanol–water partition coefficient (Wildman–Crippen LogP) is 3.64. The Kier molecular flexibility index (Phi) is 10.3. The molecule has 0 spiro atoms. The summed E-state index contributed by atoms with van der Waals surface area (Å²) in [5.41, 5.74) is 0. The van der Waals surface area contributed by atoms with E-state index in [-0.39, 0.29) is 0 Å². The van der Waals surface area contributed by atoms with Crippen molar-refractivity contribution in [1.29, 1.82) is 5.41 Å². The van der Waals surface area contributed by atoms with Crippen molar-refractivity contribution < 1.29 is 4.74 Å². The maximum atomic E-state index is 7.88. The number of rotatable bonds is 9. The van der Waals surface area contributed by atoms with Crippen molar-refractivity contribution in [2.24, 2.45) is 0 Å². The molecule has 0 heterocycles. The van der Waals surface area contributed by atoms with Gasteiger partial charge in [-0.05, 0) is 19.3 Å². The molecule has 3 heteroatoms. The van der Waals surface area contributed by atoms with E-state index in [2.05, 4.69) is 25.7 Å². The molecule has 0 aromatic rings. The minimum atomic E-state index is 0.371. The number of unbranched alkanes of at least 4 members (excludes halogenated alkanes) is 3. The van der Waals surface area contributed by atoms with Gasteiger partial charge in [0.15, 0.2) is 0 Å². The Balaban J connectivity index is 3.88. The van der Waals surface area contributed by atoms with E-state index in [0.29, 0.717) is 12.6 Å². The maximum absolute atomic E-state index is 7.88. The fraction of sp³-hybridized carbons (Fsp3) is 0.923. The summed E-state index contributed by atoms with van der Waals surface area (Å²) in [5, 5.41) is 7.88. The molecule has 0 aliphatic heterocycles. The zero-order valence-electron chi connectivity index (χ0n) is 11.2. The molecule has 0 radical (unpaired) electrons. The van der Waals surface area contributed by atoms with Gasteiger partial charge in [-0.2, -0.15) is 0 Å². The number of nitrogens with one attached hydrogen (secondary N) is 1. The molecule has 16 heavy (non-hydrogen) atoms. The summed E-state index contributed by atoms with van der Waals surface area (Å²) in [5.74, 6) is 0. The molecular formula is C13H28N2O. The molecule has 0 aliphatic rings. The molecule has 0 unspecified atom stereocenters. The van der Waals surface area contributed by atoms with E-state index >= 15 is 0 Å². The summed E-state index contributed by atoms with van der Waals surface area (Å²) in [4.78, 5) is 2.07. The second-order valence-electron chi connectivity index (χ2n) is 4.20. The second-order valence-corrected chi connectivity index (χ2v) is 4.20. The van der Waals surface area contributed by atoms with Crippen molar-refractivity contribution in [1.82, 2.24) is 4.90 Å². The summed E-state index contributed by atoms with van der Waals surface area (Å²) in [7, 11) is 0. The van der Waals surface area contributed by atoms with Gasteiger partial charge in [0.25, 0.3) is 6.02 Å². The number of nitrogens with zero attached hydrogens (tertiary/aromatic N) is 1. The summed E-state index contributed by atoms with van der Waals surface area (Å²) in [6, 6.07) is 0.371. The first-order chi connectivity index (χ1) is 7.76. The molecule has 0 amide bonds. The SMILES string of the molecule is CCCCOC(=N)N(CCCC)CCCC. The van der Waals surface area contributed by atoms with Gasteiger partial charge in [-0.15, -0.1) is 0 Å². The monoisotopic (exact) mass is 228 g/mol. The van der Waals surface area contributed by atoms with Crippen LogP contribution in [0.5, 0.6) is 0 Å². The first kappa shape index (κ1) is 15.3. The number of hydrogen-bond acceptors (Lipinski definition) is 2. The predicted molar refractivity (Wildman–Crippen MR) is 70.0 cm³/mol. The first-order valence-electron chi connectivity index (χ1n) is 6.72. The summed E-state index contributed by atoms with van der Waals surface area (Å²) in [6.45, 7) is 9.10. The van der Waals surface area contributed by atoms with Gasteiger partial charge in [0.2, 0.25) is 0 Å². The van der Waals surface area contributed by atoms with Gasteiger partial charge in [0.1, 0.15) is 0 Å². The van der Waals surface area contributed by atoms with E-state index in [1.165, 1.54) is 12.8 Å². The van der Waals surface area contributed by atoms with Crippen LogP contribution in [0.3, 0.4) is 0 Å². The lowest BCUT2D eigenvalue weighted by molar-refractivity contribution is 0.219. The zero-order valence-corrected chi connectivity index (χ0v) is 11.2. The smallest absolute Gasteiger partial charge is 0.284 e. The van der Waals surface area contributed by atoms with Gasteiger partial charge in [0, 0.05) is 13.1 Å². The van der Waals surface area contributed by atoms with E-state index in [1.807, 2.05) is 0 Å². The van der Waals surface area contributed by atoms with Crippen LogP contribution in [0.1, 0.15) is 59.3 Å². The van der Waals surface area contributed by atoms with Crippen LogP contribution >= 0.6 is 0 Å². The fourth-order valence-corrected chi connectivity index (χ4v) is 1.42. The lowest BCUT2D eigenvalue weighted by Crippen LogP contribution is -2.34. The molecule has 0 atom stereocenters. The molecule has 0 saturated heterocycles. The number of hydrogen-bond donors (Lipinski definition) is 1. The Hall–Kier alpha value is -0.730. The second kappa shape index (κ2) is 10.8. The highest BCUT2D eigenvalue weighted by Gasteiger charge is 2.09. The Labute approximate surface area is 101 Å². The van der Waals surface area contributed by atoms with Gasteiger partial charge < -0.3 is 9.64 Å². The van der Waals surface area contributed by atoms with Crippen molar-refractivity contribution in [2.75, 3.05) is 19.7 Å². The van der Waals surface area contributed by atoms with E-state index in [0.717, 1.165) is 38.8 Å². The highest BCUT2D eigenvalue weighted by molar-refractivity contribution is 5.70. The van der Waals surface area contributed by atoms with Crippen LogP contribution in [0.15, 0.2) is 0 Å². The van der Waals surface area contributed by atoms with Gasteiger partial charge >= 0.3 is 0 Å². The summed E-state index contributed by atoms with van der Waals surface area (Å²) < 4.78 is 5.45. The van der Waals surface area contributed by atoms with Crippen LogP contribution in [-0.2, 0) is 4.74 Å². The van der Waals surface area contributed by atoms with E-state index < -0.39 is 0 Å². The van der Waals surface area contributed by atoms with Crippen molar-refractivity contribution in [3.8, 4) is 0 Å². The molecule has 0 bridgehead atoms. The number of ether oxygens (including phenoxy) is 1. The summed E-state index contributed by atoms with van der Waals surface area (Å²) >= 11 is 0. The highest BCUT2D eigenvalue weighted by Crippen LogP contribution is 2.02. The third kappa shape index (κ3) is 7.55. The Bertz CT molecular complexity index is 163. The third-order valence-electron chi connectivity index (χ3n) is 2.59. The summed E-state index contributed by atoms with van der Waals surface area (Å²) in [6.07, 6.45) is 6.79. The molecule has 0 rings (SSSR count). The van der Waals surface area contributed by atoms with E-state index in [9.17, 15) is 0 Å². The van der Waals surface area contributed by atoms with Gasteiger partial charge in [-0.25, -0.2) is 0 Å². The van der Waals surface area contributed by atoms with Crippen LogP contribution in [0, 0.1) is 5.41 Å². The lowest BCUT2D eigenvalue weighted by Gasteiger charge is -2.24. The standard InChI is InChI=1S/C13H28N2O/c1-4-7-10-15(11-8-5-2)13(14)16-12-9-6-3/h14H,4-12H2,1-3H3. The maximum Gasteiger partial charge on any atom is 0.284 e. The average Bonchev–Trinajstić information content (AvgIpc) is 2.29. The molecule has 1 N–H and O–H groups in total. The molecule has 0 aromatic heterocycles. The van der Waals surface area contributed by atoms with Crippen LogP contribution < -0.4 is 0 Å². The molecule has 3 nitrogen and oxygen atoms in total. The number of amidine groups is 1. The highest BCUT2D eigenvalue weighted by atomic mass is 16.5. The average molecular weight is 228 g/mol. The van der Waals surface area contributed by atoms with Gasteiger partial charge in [-0.1, -0.05) is 40.0 Å². The molecule has 0 fully saturated rings. The van der Waals surface area contributed by atoms with Crippen molar-refractivity contribution in [3.63, 3.8) is 0 Å². The third-order valence-corrected chi connectivity index (χ3v) is 2.59. The molecule has 96 valence electrons. The Morgan fingerprint density at radius 1 is 0.938 bits per heavy atom. The van der Waals surface area contributed by atoms with Crippen molar-refractivity contribution >= 4 is 6.02 Å². The minimum Gasteiger partial charge on any atom is -0.465 e. The van der Waals surface area contributed by atoms with Gasteiger partial charge in [0.05, 0.1) is 6.61 Å². The quantitative estimate of drug-likeness (QED) is 0.371. The molecule has 0 aliphatic carbocycles. The Morgan fingerprint density at radius 3 is 1.88 bits per heavy atom. The zero-order chi connectivity index (χ0) is 12.2. The molecule has 0 aromatic carbocycles. The van der Waals surface area contributed by atoms with Gasteiger partial charge in [-0.3, -0.25) is 5.41 Å². The largest absolute Gasteiger partial charge is 0.465 e. The van der Waals surface area contributed by atoms with Crippen LogP contribution in [0.2, 0.25) is 0 Å². The van der Waals surface area contributed by atoms with E-state index in [1.54, 1.807) is 0 Å². The minimum absolute atomic E-state index is 0.371. The first-order valence-corrected chi connectivity index (χ1v) is 6.72. The molecular weight excluding hydrogens is 200 g/mol. The molecule has 0 saturated carbocycles. The Morgan fingerprint density at radius 2 is 1.44 bits per heavy atom. The van der Waals surface area contributed by atoms with Crippen LogP contribution in [-0.4, -0.2) is 30.6 Å². The van der Waals surface area contributed by atoms with Crippen molar-refractivity contribution in [2.45, 2.75) is 59.3 Å². The topological polar surface area (TPSA) is 36.3 Å².